The van der Waals surface area contributed by atoms with E-state index in [0.29, 0.717) is 6.10 Å². The number of hydrogen-bond donors (Lipinski definition) is 1. The van der Waals surface area contributed by atoms with Crippen molar-refractivity contribution in [3.05, 3.63) is 47.7 Å². The molecule has 0 amide bonds. The lowest BCUT2D eigenvalue weighted by molar-refractivity contribution is 0.120. The van der Waals surface area contributed by atoms with Crippen molar-refractivity contribution in [3.8, 4) is 0 Å². The zero-order valence-corrected chi connectivity index (χ0v) is 14.5. The normalized spacial score (nSPS) is 20.9. The first-order valence-corrected chi connectivity index (χ1v) is 9.18. The molecule has 6 heteroatoms. The van der Waals surface area contributed by atoms with E-state index in [4.69, 9.17) is 4.74 Å². The number of nitrogens with one attached hydrogen (secondary N) is 1. The average Bonchev–Trinajstić information content (AvgIpc) is 3.09. The maximum atomic E-state index is 5.71. The quantitative estimate of drug-likeness (QED) is 0.900. The summed E-state index contributed by atoms with van der Waals surface area (Å²) in [5.74, 6) is 0.990. The summed E-state index contributed by atoms with van der Waals surface area (Å²) in [7, 11) is 0. The molecule has 1 atom stereocenters. The van der Waals surface area contributed by atoms with E-state index < -0.39 is 0 Å². The average molecular weight is 339 g/mol. The Bertz CT molecular complexity index is 687. The van der Waals surface area contributed by atoms with Gasteiger partial charge in [-0.1, -0.05) is 6.07 Å². The minimum absolute atomic E-state index is 0.318. The molecule has 132 valence electrons. The van der Waals surface area contributed by atoms with Gasteiger partial charge in [-0.25, -0.2) is 9.97 Å². The number of rotatable bonds is 5. The van der Waals surface area contributed by atoms with E-state index >= 15 is 0 Å². The number of anilines is 1. The molecule has 0 unspecified atom stereocenters. The van der Waals surface area contributed by atoms with E-state index in [1.54, 1.807) is 6.33 Å². The van der Waals surface area contributed by atoms with Crippen molar-refractivity contribution in [1.82, 2.24) is 19.9 Å². The van der Waals surface area contributed by atoms with Crippen molar-refractivity contribution in [3.63, 3.8) is 0 Å². The van der Waals surface area contributed by atoms with E-state index in [1.165, 1.54) is 16.8 Å². The maximum Gasteiger partial charge on any atom is 0.132 e. The number of fused-ring (bicyclic) bond motifs is 1. The molecular formula is C19H25N5O. The van der Waals surface area contributed by atoms with Crippen molar-refractivity contribution < 1.29 is 4.74 Å². The molecule has 4 rings (SSSR count). The summed E-state index contributed by atoms with van der Waals surface area (Å²) < 4.78 is 5.71. The molecule has 25 heavy (non-hydrogen) atoms. The second kappa shape index (κ2) is 7.89. The zero-order chi connectivity index (χ0) is 16.9. The molecular weight excluding hydrogens is 314 g/mol. The van der Waals surface area contributed by atoms with E-state index in [0.717, 1.165) is 64.3 Å². The Balaban J connectivity index is 1.41. The predicted molar refractivity (Wildman–Crippen MR) is 96.4 cm³/mol. The molecule has 0 saturated carbocycles. The largest absolute Gasteiger partial charge is 0.376 e. The molecule has 1 saturated heterocycles. The topological polar surface area (TPSA) is 63.2 Å². The van der Waals surface area contributed by atoms with E-state index in [2.05, 4.69) is 31.2 Å². The molecule has 2 aliphatic heterocycles. The van der Waals surface area contributed by atoms with Crippen molar-refractivity contribution >= 4 is 5.82 Å². The van der Waals surface area contributed by atoms with Crippen LogP contribution in [0.1, 0.15) is 29.7 Å². The number of hydrogen-bond acceptors (Lipinski definition) is 6. The van der Waals surface area contributed by atoms with Crippen LogP contribution in [0.4, 0.5) is 5.82 Å². The Morgan fingerprint density at radius 1 is 1.24 bits per heavy atom. The van der Waals surface area contributed by atoms with Crippen LogP contribution in [0.25, 0.3) is 0 Å². The lowest BCUT2D eigenvalue weighted by Gasteiger charge is -2.19. The van der Waals surface area contributed by atoms with Crippen molar-refractivity contribution in [2.75, 3.05) is 31.6 Å². The predicted octanol–water partition coefficient (Wildman–Crippen LogP) is 2.06. The third-order valence-corrected chi connectivity index (χ3v) is 5.03. The number of aromatic nitrogens is 3. The molecule has 1 fully saturated rings. The Labute approximate surface area is 148 Å². The number of pyridine rings is 1. The lowest BCUT2D eigenvalue weighted by atomic mass is 10.1. The summed E-state index contributed by atoms with van der Waals surface area (Å²) in [5.41, 5.74) is 3.71. The van der Waals surface area contributed by atoms with Crippen molar-refractivity contribution in [2.45, 2.75) is 38.3 Å². The Kier molecular flexibility index (Phi) is 5.18. The Morgan fingerprint density at radius 3 is 3.04 bits per heavy atom. The van der Waals surface area contributed by atoms with Crippen LogP contribution >= 0.6 is 0 Å². The van der Waals surface area contributed by atoms with Gasteiger partial charge in [0.05, 0.1) is 11.8 Å². The molecule has 4 heterocycles. The van der Waals surface area contributed by atoms with Gasteiger partial charge in [0.1, 0.15) is 12.1 Å². The molecule has 2 aromatic rings. The summed E-state index contributed by atoms with van der Waals surface area (Å²) in [5, 5.41) is 3.50. The van der Waals surface area contributed by atoms with Gasteiger partial charge >= 0.3 is 0 Å². The monoisotopic (exact) mass is 339 g/mol. The van der Waals surface area contributed by atoms with Gasteiger partial charge in [0.25, 0.3) is 0 Å². The fraction of sp³-hybridized carbons (Fsp3) is 0.526. The first-order valence-electron chi connectivity index (χ1n) is 9.18. The van der Waals surface area contributed by atoms with Crippen molar-refractivity contribution in [1.29, 1.82) is 0 Å². The fourth-order valence-electron chi connectivity index (χ4n) is 3.65. The SMILES string of the molecule is c1cncc(CN2CCc3ncnc(NC[C@@H]4CCCO4)c3CC2)c1. The molecule has 2 aromatic heterocycles. The van der Waals surface area contributed by atoms with Gasteiger partial charge in [-0.05, 0) is 30.9 Å². The van der Waals surface area contributed by atoms with Crippen LogP contribution in [0.15, 0.2) is 30.9 Å². The standard InChI is InChI=1S/C19H25N5O/c1-3-15(11-20-7-1)13-24-8-5-17-18(6-9-24)22-14-23-19(17)21-12-16-4-2-10-25-16/h1,3,7,11,14,16H,2,4-6,8-10,12-13H2,(H,21,22,23)/t16-/m0/s1. The highest BCUT2D eigenvalue weighted by Crippen LogP contribution is 2.22. The third kappa shape index (κ3) is 4.14. The van der Waals surface area contributed by atoms with Gasteiger partial charge in [-0.3, -0.25) is 9.88 Å². The van der Waals surface area contributed by atoms with Gasteiger partial charge in [0.2, 0.25) is 0 Å². The Morgan fingerprint density at radius 2 is 2.20 bits per heavy atom. The Hall–Kier alpha value is -2.05. The van der Waals surface area contributed by atoms with E-state index in [9.17, 15) is 0 Å². The van der Waals surface area contributed by atoms with E-state index in [-0.39, 0.29) is 0 Å². The van der Waals surface area contributed by atoms with Crippen LogP contribution < -0.4 is 5.32 Å². The molecule has 0 spiro atoms. The van der Waals surface area contributed by atoms with Crippen molar-refractivity contribution in [2.24, 2.45) is 0 Å². The minimum atomic E-state index is 0.318. The highest BCUT2D eigenvalue weighted by atomic mass is 16.5. The van der Waals surface area contributed by atoms with Gasteiger partial charge in [0, 0.05) is 57.2 Å². The summed E-state index contributed by atoms with van der Waals surface area (Å²) in [6.07, 6.45) is 10.0. The molecule has 0 bridgehead atoms. The van der Waals surface area contributed by atoms with Gasteiger partial charge < -0.3 is 10.1 Å². The summed E-state index contributed by atoms with van der Waals surface area (Å²) in [4.78, 5) is 15.7. The molecule has 0 aliphatic carbocycles. The second-order valence-electron chi connectivity index (χ2n) is 6.80. The second-order valence-corrected chi connectivity index (χ2v) is 6.80. The first-order chi connectivity index (χ1) is 12.4. The summed E-state index contributed by atoms with van der Waals surface area (Å²) >= 11 is 0. The van der Waals surface area contributed by atoms with E-state index in [1.807, 2.05) is 18.5 Å². The van der Waals surface area contributed by atoms with Crippen LogP contribution in [0, 0.1) is 0 Å². The molecule has 1 N–H and O–H groups in total. The van der Waals surface area contributed by atoms with Gasteiger partial charge in [-0.2, -0.15) is 0 Å². The minimum Gasteiger partial charge on any atom is -0.376 e. The molecule has 6 nitrogen and oxygen atoms in total. The van der Waals surface area contributed by atoms with Crippen LogP contribution in [0.2, 0.25) is 0 Å². The lowest BCUT2D eigenvalue weighted by Crippen LogP contribution is -2.26. The highest BCUT2D eigenvalue weighted by molar-refractivity contribution is 5.46. The number of nitrogens with zero attached hydrogens (tertiary/aromatic N) is 4. The third-order valence-electron chi connectivity index (χ3n) is 5.03. The smallest absolute Gasteiger partial charge is 0.132 e. The maximum absolute atomic E-state index is 5.71. The first kappa shape index (κ1) is 16.4. The zero-order valence-electron chi connectivity index (χ0n) is 14.5. The summed E-state index contributed by atoms with van der Waals surface area (Å²) in [6.45, 7) is 4.70. The van der Waals surface area contributed by atoms with Gasteiger partial charge in [-0.15, -0.1) is 0 Å². The van der Waals surface area contributed by atoms with Crippen LogP contribution in [-0.2, 0) is 24.1 Å². The van der Waals surface area contributed by atoms with Crippen LogP contribution in [0.5, 0.6) is 0 Å². The molecule has 2 aliphatic rings. The van der Waals surface area contributed by atoms with Crippen LogP contribution in [0.3, 0.4) is 0 Å². The fourth-order valence-corrected chi connectivity index (χ4v) is 3.65. The molecule has 0 radical (unpaired) electrons. The number of ether oxygens (including phenoxy) is 1. The summed E-state index contributed by atoms with van der Waals surface area (Å²) in [6, 6.07) is 4.14. The highest BCUT2D eigenvalue weighted by Gasteiger charge is 2.20. The molecule has 0 aromatic carbocycles. The van der Waals surface area contributed by atoms with Gasteiger partial charge in [0.15, 0.2) is 0 Å². The van der Waals surface area contributed by atoms with Crippen LogP contribution in [-0.4, -0.2) is 52.2 Å².